The summed E-state index contributed by atoms with van der Waals surface area (Å²) in [5.41, 5.74) is 0.413. The van der Waals surface area contributed by atoms with E-state index < -0.39 is 41.7 Å². The molecule has 0 aliphatic rings. The SMILES string of the molecule is Cc1cc(-c2noc(-c3cc(Cl)cc(Cl)c3)c2[N+](=O)[O-])ccc1C(=O)NCC(=O)NCC(F)(F)F. The van der Waals surface area contributed by atoms with Crippen molar-refractivity contribution in [3.05, 3.63) is 67.7 Å². The van der Waals surface area contributed by atoms with Crippen LogP contribution in [0.4, 0.5) is 18.9 Å². The van der Waals surface area contributed by atoms with Gasteiger partial charge in [0.15, 0.2) is 5.69 Å². The lowest BCUT2D eigenvalue weighted by Gasteiger charge is -2.10. The van der Waals surface area contributed by atoms with Crippen LogP contribution in [-0.2, 0) is 4.79 Å². The maximum atomic E-state index is 12.4. The fourth-order valence-electron chi connectivity index (χ4n) is 3.10. The summed E-state index contributed by atoms with van der Waals surface area (Å²) in [4.78, 5) is 35.0. The van der Waals surface area contributed by atoms with Crippen molar-refractivity contribution in [3.8, 4) is 22.6 Å². The Balaban J connectivity index is 1.83. The van der Waals surface area contributed by atoms with E-state index in [9.17, 15) is 32.9 Å². The molecule has 0 radical (unpaired) electrons. The minimum absolute atomic E-state index is 0.102. The number of carbonyl (C=O) groups is 2. The molecule has 14 heteroatoms. The van der Waals surface area contributed by atoms with E-state index in [2.05, 4.69) is 10.5 Å². The summed E-state index contributed by atoms with van der Waals surface area (Å²) in [7, 11) is 0. The lowest BCUT2D eigenvalue weighted by molar-refractivity contribution is -0.383. The number of hydrogen-bond donors (Lipinski definition) is 2. The second kappa shape index (κ2) is 10.3. The van der Waals surface area contributed by atoms with Gasteiger partial charge in [-0.2, -0.15) is 13.2 Å². The molecule has 2 amide bonds. The Morgan fingerprint density at radius 1 is 1.09 bits per heavy atom. The summed E-state index contributed by atoms with van der Waals surface area (Å²) in [6.07, 6.45) is -4.57. The van der Waals surface area contributed by atoms with Gasteiger partial charge in [-0.3, -0.25) is 19.7 Å². The van der Waals surface area contributed by atoms with Gasteiger partial charge in [0.2, 0.25) is 11.7 Å². The third-order valence-corrected chi connectivity index (χ3v) is 5.05. The third kappa shape index (κ3) is 6.49. The molecule has 0 bridgehead atoms. The summed E-state index contributed by atoms with van der Waals surface area (Å²) in [6.45, 7) is -0.655. The molecule has 0 aliphatic heterocycles. The van der Waals surface area contributed by atoms with Crippen LogP contribution in [0, 0.1) is 17.0 Å². The van der Waals surface area contributed by atoms with E-state index in [0.29, 0.717) is 5.56 Å². The smallest absolute Gasteiger partial charge is 0.348 e. The molecule has 2 N–H and O–H groups in total. The molecule has 0 spiro atoms. The average Bonchev–Trinajstić information content (AvgIpc) is 3.20. The zero-order valence-corrected chi connectivity index (χ0v) is 19.2. The fourth-order valence-corrected chi connectivity index (χ4v) is 3.63. The molecule has 0 unspecified atom stereocenters. The Bertz CT molecular complexity index is 1290. The van der Waals surface area contributed by atoms with Gasteiger partial charge in [0.05, 0.1) is 11.5 Å². The highest BCUT2D eigenvalue weighted by atomic mass is 35.5. The summed E-state index contributed by atoms with van der Waals surface area (Å²) < 4.78 is 41.7. The number of nitrogens with zero attached hydrogens (tertiary/aromatic N) is 2. The highest BCUT2D eigenvalue weighted by Crippen LogP contribution is 2.40. The number of aryl methyl sites for hydroxylation is 1. The molecular weight excluding hydrogens is 516 g/mol. The van der Waals surface area contributed by atoms with Crippen molar-refractivity contribution >= 4 is 40.7 Å². The molecule has 3 aromatic rings. The first-order valence-corrected chi connectivity index (χ1v) is 10.4. The van der Waals surface area contributed by atoms with Gasteiger partial charge in [0, 0.05) is 26.7 Å². The quantitative estimate of drug-likeness (QED) is 0.329. The minimum atomic E-state index is -4.57. The number of hydrogen-bond acceptors (Lipinski definition) is 6. The van der Waals surface area contributed by atoms with E-state index in [1.165, 1.54) is 43.3 Å². The molecule has 0 fully saturated rings. The molecule has 2 aromatic carbocycles. The monoisotopic (exact) mass is 530 g/mol. The topological polar surface area (TPSA) is 127 Å². The Labute approximate surface area is 205 Å². The van der Waals surface area contributed by atoms with E-state index in [0.717, 1.165) is 0 Å². The van der Waals surface area contributed by atoms with Crippen molar-refractivity contribution in [1.82, 2.24) is 15.8 Å². The summed E-state index contributed by atoms with van der Waals surface area (Å²) in [5, 5.41) is 19.9. The van der Waals surface area contributed by atoms with Crippen LogP contribution in [-0.4, -0.2) is 41.2 Å². The molecular formula is C21H15Cl2F3N4O5. The molecule has 3 rings (SSSR count). The normalized spacial score (nSPS) is 11.3. The number of benzene rings is 2. The van der Waals surface area contributed by atoms with Gasteiger partial charge in [0.1, 0.15) is 6.54 Å². The van der Waals surface area contributed by atoms with E-state index in [1.54, 1.807) is 5.32 Å². The summed E-state index contributed by atoms with van der Waals surface area (Å²) in [5.74, 6) is -1.91. The lowest BCUT2D eigenvalue weighted by Crippen LogP contribution is -2.41. The Morgan fingerprint density at radius 2 is 1.74 bits per heavy atom. The number of alkyl halides is 3. The van der Waals surface area contributed by atoms with Crippen LogP contribution >= 0.6 is 23.2 Å². The standard InChI is InChI=1S/C21H15Cl2F3N4O5/c1-10-4-11(2-3-15(10)20(32)27-8-16(31)28-9-21(24,25)26)17-18(30(33)34)19(35-29-17)12-5-13(22)7-14(23)6-12/h2-7H,8-9H2,1H3,(H,27,32)(H,28,31). The summed E-state index contributed by atoms with van der Waals surface area (Å²) >= 11 is 12.0. The highest BCUT2D eigenvalue weighted by Gasteiger charge is 2.30. The van der Waals surface area contributed by atoms with E-state index in [4.69, 9.17) is 27.7 Å². The van der Waals surface area contributed by atoms with Gasteiger partial charge in [-0.1, -0.05) is 34.4 Å². The molecule has 1 heterocycles. The second-order valence-corrected chi connectivity index (χ2v) is 8.10. The van der Waals surface area contributed by atoms with Gasteiger partial charge >= 0.3 is 11.9 Å². The Hall–Kier alpha value is -3.64. The zero-order valence-electron chi connectivity index (χ0n) is 17.7. The van der Waals surface area contributed by atoms with Gasteiger partial charge in [-0.15, -0.1) is 0 Å². The van der Waals surface area contributed by atoms with Gasteiger partial charge < -0.3 is 15.2 Å². The minimum Gasteiger partial charge on any atom is -0.348 e. The predicted molar refractivity (Wildman–Crippen MR) is 120 cm³/mol. The third-order valence-electron chi connectivity index (χ3n) is 4.61. The van der Waals surface area contributed by atoms with Crippen LogP contribution in [0.25, 0.3) is 22.6 Å². The predicted octanol–water partition coefficient (Wildman–Crippen LogP) is 4.94. The first-order valence-electron chi connectivity index (χ1n) is 9.69. The molecule has 184 valence electrons. The van der Waals surface area contributed by atoms with Crippen LogP contribution in [0.5, 0.6) is 0 Å². The van der Waals surface area contributed by atoms with Crippen molar-refractivity contribution in [2.24, 2.45) is 0 Å². The Morgan fingerprint density at radius 3 is 2.31 bits per heavy atom. The second-order valence-electron chi connectivity index (χ2n) is 7.23. The van der Waals surface area contributed by atoms with Crippen molar-refractivity contribution in [2.45, 2.75) is 13.1 Å². The number of halogens is 5. The van der Waals surface area contributed by atoms with Crippen LogP contribution in [0.2, 0.25) is 10.0 Å². The molecule has 0 atom stereocenters. The number of amides is 2. The van der Waals surface area contributed by atoms with E-state index >= 15 is 0 Å². The van der Waals surface area contributed by atoms with Gasteiger partial charge in [-0.25, -0.2) is 0 Å². The first kappa shape index (κ1) is 26.0. The number of rotatable bonds is 7. The van der Waals surface area contributed by atoms with Crippen molar-refractivity contribution < 1.29 is 32.2 Å². The van der Waals surface area contributed by atoms with E-state index in [-0.39, 0.29) is 38.2 Å². The maximum absolute atomic E-state index is 12.4. The molecule has 0 saturated carbocycles. The van der Waals surface area contributed by atoms with Crippen LogP contribution in [0.1, 0.15) is 15.9 Å². The number of nitro groups is 1. The van der Waals surface area contributed by atoms with Crippen molar-refractivity contribution in [3.63, 3.8) is 0 Å². The first-order chi connectivity index (χ1) is 16.4. The molecule has 0 saturated heterocycles. The molecule has 9 nitrogen and oxygen atoms in total. The molecule has 35 heavy (non-hydrogen) atoms. The van der Waals surface area contributed by atoms with Crippen LogP contribution in [0.3, 0.4) is 0 Å². The fraction of sp³-hybridized carbons (Fsp3) is 0.190. The maximum Gasteiger partial charge on any atom is 0.405 e. The molecule has 0 aliphatic carbocycles. The lowest BCUT2D eigenvalue weighted by atomic mass is 10.0. The van der Waals surface area contributed by atoms with Crippen molar-refractivity contribution in [1.29, 1.82) is 0 Å². The largest absolute Gasteiger partial charge is 0.405 e. The average molecular weight is 531 g/mol. The number of nitrogens with one attached hydrogen (secondary N) is 2. The van der Waals surface area contributed by atoms with Gasteiger partial charge in [-0.05, 0) is 42.8 Å². The molecule has 1 aromatic heterocycles. The Kier molecular flexibility index (Phi) is 7.66. The zero-order chi connectivity index (χ0) is 25.9. The van der Waals surface area contributed by atoms with Crippen LogP contribution in [0.15, 0.2) is 40.9 Å². The number of carbonyl (C=O) groups excluding carboxylic acids is 2. The van der Waals surface area contributed by atoms with E-state index in [1.807, 2.05) is 0 Å². The number of aromatic nitrogens is 1. The summed E-state index contributed by atoms with van der Waals surface area (Å²) in [6, 6.07) is 8.46. The van der Waals surface area contributed by atoms with Gasteiger partial charge in [0.25, 0.3) is 5.91 Å². The highest BCUT2D eigenvalue weighted by molar-refractivity contribution is 6.35. The van der Waals surface area contributed by atoms with Crippen molar-refractivity contribution in [2.75, 3.05) is 13.1 Å². The van der Waals surface area contributed by atoms with Crippen LogP contribution < -0.4 is 10.6 Å².